The van der Waals surface area contributed by atoms with Crippen molar-refractivity contribution in [1.82, 2.24) is 0 Å². The molecule has 0 aromatic heterocycles. The minimum absolute atomic E-state index is 0.201. The third kappa shape index (κ3) is 2.80. The summed E-state index contributed by atoms with van der Waals surface area (Å²) < 4.78 is 0. The van der Waals surface area contributed by atoms with Crippen LogP contribution >= 0.6 is 0 Å². The first-order chi connectivity index (χ1) is 9.05. The van der Waals surface area contributed by atoms with Crippen LogP contribution in [0.1, 0.15) is 44.6 Å². The molecule has 3 heteroatoms. The van der Waals surface area contributed by atoms with Gasteiger partial charge in [0.15, 0.2) is 0 Å². The van der Waals surface area contributed by atoms with E-state index in [0.29, 0.717) is 18.4 Å². The number of hydrogen-bond donors (Lipinski definition) is 2. The number of carboxylic acids is 1. The number of carboxylic acid groups (broad SMARTS) is 1. The molecule has 0 spiro atoms. The van der Waals surface area contributed by atoms with Crippen LogP contribution in [0.15, 0.2) is 30.3 Å². The zero-order chi connectivity index (χ0) is 13.9. The Morgan fingerprint density at radius 2 is 1.84 bits per heavy atom. The van der Waals surface area contributed by atoms with E-state index >= 15 is 0 Å². The molecule has 0 aliphatic heterocycles. The Hall–Kier alpha value is -1.77. The second kappa shape index (κ2) is 5.47. The number of carbonyl (C=O) groups is 1. The first-order valence-electron chi connectivity index (χ1n) is 6.76. The number of para-hydroxylation sites is 1. The zero-order valence-electron chi connectivity index (χ0n) is 11.2. The van der Waals surface area contributed by atoms with Crippen molar-refractivity contribution in [3.05, 3.63) is 35.9 Å². The fourth-order valence-corrected chi connectivity index (χ4v) is 2.90. The average Bonchev–Trinajstić information content (AvgIpc) is 2.40. The molecule has 3 nitrogen and oxygen atoms in total. The van der Waals surface area contributed by atoms with Gasteiger partial charge in [-0.05, 0) is 31.4 Å². The molecule has 0 amide bonds. The molecule has 1 fully saturated rings. The SMILES string of the molecule is C/C(=C/C1(C(=O)O)CCCCC1)c1ccccc1O. The van der Waals surface area contributed by atoms with E-state index in [9.17, 15) is 15.0 Å². The van der Waals surface area contributed by atoms with E-state index in [0.717, 1.165) is 24.8 Å². The number of phenols is 1. The van der Waals surface area contributed by atoms with Crippen LogP contribution in [0, 0.1) is 5.41 Å². The first kappa shape index (κ1) is 13.7. The normalized spacial score (nSPS) is 19.1. The number of aromatic hydroxyl groups is 1. The number of rotatable bonds is 3. The van der Waals surface area contributed by atoms with Crippen LogP contribution in [0.4, 0.5) is 0 Å². The third-order valence-electron chi connectivity index (χ3n) is 3.99. The van der Waals surface area contributed by atoms with Crippen molar-refractivity contribution >= 4 is 11.5 Å². The maximum Gasteiger partial charge on any atom is 0.313 e. The van der Waals surface area contributed by atoms with E-state index in [1.807, 2.05) is 25.1 Å². The molecule has 0 radical (unpaired) electrons. The van der Waals surface area contributed by atoms with Gasteiger partial charge in [0.1, 0.15) is 5.75 Å². The summed E-state index contributed by atoms with van der Waals surface area (Å²) in [5, 5.41) is 19.4. The molecule has 2 rings (SSSR count). The molecule has 1 saturated carbocycles. The van der Waals surface area contributed by atoms with Gasteiger partial charge in [0.25, 0.3) is 0 Å². The van der Waals surface area contributed by atoms with Crippen molar-refractivity contribution < 1.29 is 15.0 Å². The summed E-state index contributed by atoms with van der Waals surface area (Å²) in [6.45, 7) is 1.87. The van der Waals surface area contributed by atoms with E-state index in [1.165, 1.54) is 0 Å². The van der Waals surface area contributed by atoms with Crippen LogP contribution < -0.4 is 0 Å². The Morgan fingerprint density at radius 1 is 1.21 bits per heavy atom. The highest BCUT2D eigenvalue weighted by Crippen LogP contribution is 2.40. The van der Waals surface area contributed by atoms with Crippen molar-refractivity contribution in [3.63, 3.8) is 0 Å². The minimum Gasteiger partial charge on any atom is -0.507 e. The Balaban J connectivity index is 2.37. The summed E-state index contributed by atoms with van der Waals surface area (Å²) in [5.74, 6) is -0.547. The highest BCUT2D eigenvalue weighted by Gasteiger charge is 2.37. The number of allylic oxidation sites excluding steroid dienone is 1. The van der Waals surface area contributed by atoms with Crippen LogP contribution in [0.2, 0.25) is 0 Å². The smallest absolute Gasteiger partial charge is 0.313 e. The van der Waals surface area contributed by atoms with Crippen molar-refractivity contribution in [2.75, 3.05) is 0 Å². The van der Waals surface area contributed by atoms with E-state index in [1.54, 1.807) is 12.1 Å². The lowest BCUT2D eigenvalue weighted by molar-refractivity contribution is -0.147. The van der Waals surface area contributed by atoms with Gasteiger partial charge in [-0.1, -0.05) is 43.5 Å². The van der Waals surface area contributed by atoms with Gasteiger partial charge in [-0.15, -0.1) is 0 Å². The largest absolute Gasteiger partial charge is 0.507 e. The summed E-state index contributed by atoms with van der Waals surface area (Å²) in [6.07, 6.45) is 6.23. The Kier molecular flexibility index (Phi) is 3.93. The van der Waals surface area contributed by atoms with E-state index in [-0.39, 0.29) is 5.75 Å². The first-order valence-corrected chi connectivity index (χ1v) is 6.76. The van der Waals surface area contributed by atoms with Gasteiger partial charge in [0.05, 0.1) is 5.41 Å². The molecule has 102 valence electrons. The maximum atomic E-state index is 11.6. The standard InChI is InChI=1S/C16H20O3/c1-12(13-7-3-4-8-14(13)17)11-16(15(18)19)9-5-2-6-10-16/h3-4,7-8,11,17H,2,5-6,9-10H2,1H3,(H,18,19)/b12-11-. The number of aliphatic carboxylic acids is 1. The quantitative estimate of drug-likeness (QED) is 0.868. The molecule has 19 heavy (non-hydrogen) atoms. The molecule has 0 heterocycles. The lowest BCUT2D eigenvalue weighted by Gasteiger charge is -2.31. The summed E-state index contributed by atoms with van der Waals surface area (Å²) >= 11 is 0. The number of phenolic OH excluding ortho intramolecular Hbond substituents is 1. The predicted molar refractivity (Wildman–Crippen MR) is 74.9 cm³/mol. The van der Waals surface area contributed by atoms with Gasteiger partial charge >= 0.3 is 5.97 Å². The van der Waals surface area contributed by atoms with Gasteiger partial charge in [0.2, 0.25) is 0 Å². The van der Waals surface area contributed by atoms with Gasteiger partial charge in [0, 0.05) is 5.56 Å². The van der Waals surface area contributed by atoms with Gasteiger partial charge in [-0.25, -0.2) is 0 Å². The van der Waals surface area contributed by atoms with E-state index in [4.69, 9.17) is 0 Å². The van der Waals surface area contributed by atoms with E-state index in [2.05, 4.69) is 0 Å². The van der Waals surface area contributed by atoms with E-state index < -0.39 is 11.4 Å². The fourth-order valence-electron chi connectivity index (χ4n) is 2.90. The van der Waals surface area contributed by atoms with Gasteiger partial charge in [-0.2, -0.15) is 0 Å². The van der Waals surface area contributed by atoms with Gasteiger partial charge in [-0.3, -0.25) is 4.79 Å². The fraction of sp³-hybridized carbons (Fsp3) is 0.438. The lowest BCUT2D eigenvalue weighted by Crippen LogP contribution is -2.31. The van der Waals surface area contributed by atoms with Crippen LogP contribution in [0.3, 0.4) is 0 Å². The topological polar surface area (TPSA) is 57.5 Å². The molecular weight excluding hydrogens is 240 g/mol. The molecule has 0 atom stereocenters. The Morgan fingerprint density at radius 3 is 2.42 bits per heavy atom. The molecule has 1 aromatic rings. The van der Waals surface area contributed by atoms with Crippen molar-refractivity contribution in [2.45, 2.75) is 39.0 Å². The Bertz CT molecular complexity index is 496. The lowest BCUT2D eigenvalue weighted by atomic mass is 9.72. The molecule has 0 bridgehead atoms. The summed E-state index contributed by atoms with van der Waals surface area (Å²) in [5.41, 5.74) is 0.793. The van der Waals surface area contributed by atoms with Crippen molar-refractivity contribution in [1.29, 1.82) is 0 Å². The Labute approximate surface area is 113 Å². The molecule has 1 aromatic carbocycles. The van der Waals surface area contributed by atoms with Crippen LogP contribution in [-0.4, -0.2) is 16.2 Å². The van der Waals surface area contributed by atoms with Crippen LogP contribution in [0.25, 0.3) is 5.57 Å². The monoisotopic (exact) mass is 260 g/mol. The molecule has 1 aliphatic rings. The second-order valence-corrected chi connectivity index (χ2v) is 5.37. The van der Waals surface area contributed by atoms with Crippen molar-refractivity contribution in [3.8, 4) is 5.75 Å². The summed E-state index contributed by atoms with van der Waals surface area (Å²) in [4.78, 5) is 11.6. The maximum absolute atomic E-state index is 11.6. The predicted octanol–water partition coefficient (Wildman–Crippen LogP) is 3.83. The summed E-state index contributed by atoms with van der Waals surface area (Å²) in [7, 11) is 0. The van der Waals surface area contributed by atoms with Crippen molar-refractivity contribution in [2.24, 2.45) is 5.41 Å². The van der Waals surface area contributed by atoms with Crippen LogP contribution in [-0.2, 0) is 4.79 Å². The molecule has 2 N–H and O–H groups in total. The molecule has 0 unspecified atom stereocenters. The van der Waals surface area contributed by atoms with Gasteiger partial charge < -0.3 is 10.2 Å². The molecular formula is C16H20O3. The average molecular weight is 260 g/mol. The van der Waals surface area contributed by atoms with Crippen LogP contribution in [0.5, 0.6) is 5.75 Å². The molecule has 1 aliphatic carbocycles. The summed E-state index contributed by atoms with van der Waals surface area (Å²) in [6, 6.07) is 7.06. The highest BCUT2D eigenvalue weighted by atomic mass is 16.4. The minimum atomic E-state index is -0.759. The zero-order valence-corrected chi connectivity index (χ0v) is 11.2. The number of benzene rings is 1. The number of hydrogen-bond acceptors (Lipinski definition) is 2. The second-order valence-electron chi connectivity index (χ2n) is 5.37. The third-order valence-corrected chi connectivity index (χ3v) is 3.99. The highest BCUT2D eigenvalue weighted by molar-refractivity contribution is 5.81. The molecule has 0 saturated heterocycles.